The minimum Gasteiger partial charge on any atom is -0.454 e. The Hall–Kier alpha value is -3.19. The topological polar surface area (TPSA) is 92.8 Å². The van der Waals surface area contributed by atoms with E-state index in [1.165, 1.54) is 12.1 Å². The van der Waals surface area contributed by atoms with Crippen molar-refractivity contribution in [3.8, 4) is 0 Å². The quantitative estimate of drug-likeness (QED) is 0.641. The maximum absolute atomic E-state index is 12.2. The number of carbonyl (C=O) groups excluding carboxylic acids is 4. The molecule has 0 atom stereocenters. The van der Waals surface area contributed by atoms with Gasteiger partial charge in [-0.3, -0.25) is 24.1 Å². The first-order valence-corrected chi connectivity index (χ1v) is 8.00. The van der Waals surface area contributed by atoms with Gasteiger partial charge < -0.3 is 10.1 Å². The molecule has 0 aliphatic carbocycles. The van der Waals surface area contributed by atoms with Gasteiger partial charge in [0.2, 0.25) is 0 Å². The number of carbonyl (C=O) groups is 4. The van der Waals surface area contributed by atoms with E-state index in [4.69, 9.17) is 16.3 Å². The van der Waals surface area contributed by atoms with E-state index in [-0.39, 0.29) is 11.1 Å². The van der Waals surface area contributed by atoms with Gasteiger partial charge in [0.05, 0.1) is 11.1 Å². The van der Waals surface area contributed by atoms with Gasteiger partial charge in [0.1, 0.15) is 6.54 Å². The van der Waals surface area contributed by atoms with Crippen LogP contribution in [0, 0.1) is 0 Å². The Bertz CT molecular complexity index is 860. The number of halogens is 1. The van der Waals surface area contributed by atoms with E-state index in [0.717, 1.165) is 4.90 Å². The molecule has 0 aromatic heterocycles. The molecule has 26 heavy (non-hydrogen) atoms. The summed E-state index contributed by atoms with van der Waals surface area (Å²) in [6, 6.07) is 12.7. The van der Waals surface area contributed by atoms with Crippen LogP contribution in [0.4, 0.5) is 5.69 Å². The van der Waals surface area contributed by atoms with E-state index >= 15 is 0 Å². The van der Waals surface area contributed by atoms with Crippen molar-refractivity contribution >= 4 is 41.0 Å². The van der Waals surface area contributed by atoms with Gasteiger partial charge in [-0.1, -0.05) is 23.7 Å². The number of rotatable bonds is 5. The third-order valence-electron chi connectivity index (χ3n) is 3.66. The van der Waals surface area contributed by atoms with Gasteiger partial charge >= 0.3 is 5.97 Å². The van der Waals surface area contributed by atoms with Crippen LogP contribution in [0.2, 0.25) is 5.02 Å². The van der Waals surface area contributed by atoms with Gasteiger partial charge in [0.25, 0.3) is 17.7 Å². The molecule has 0 spiro atoms. The number of fused-ring (bicyclic) bond motifs is 1. The number of esters is 1. The summed E-state index contributed by atoms with van der Waals surface area (Å²) in [5.74, 6) is -2.53. The number of ether oxygens (including phenoxy) is 1. The number of hydrogen-bond acceptors (Lipinski definition) is 5. The average Bonchev–Trinajstić information content (AvgIpc) is 2.87. The summed E-state index contributed by atoms with van der Waals surface area (Å²) in [6.45, 7) is -1.09. The summed E-state index contributed by atoms with van der Waals surface area (Å²) >= 11 is 5.75. The zero-order valence-electron chi connectivity index (χ0n) is 13.4. The van der Waals surface area contributed by atoms with Crippen molar-refractivity contribution in [2.75, 3.05) is 18.5 Å². The standard InChI is InChI=1S/C18H13ClN2O5/c19-11-5-7-12(8-6-11)20-15(22)10-26-16(23)9-21-17(24)13-3-1-2-4-14(13)18(21)25/h1-8H,9-10H2,(H,20,22). The molecular formula is C18H13ClN2O5. The van der Waals surface area contributed by atoms with Gasteiger partial charge in [-0.05, 0) is 36.4 Å². The predicted octanol–water partition coefficient (Wildman–Crippen LogP) is 2.12. The summed E-state index contributed by atoms with van der Waals surface area (Å²) in [7, 11) is 0. The maximum Gasteiger partial charge on any atom is 0.326 e. The fourth-order valence-electron chi connectivity index (χ4n) is 2.43. The third-order valence-corrected chi connectivity index (χ3v) is 3.91. The molecule has 0 fully saturated rings. The van der Waals surface area contributed by atoms with E-state index < -0.39 is 36.8 Å². The molecule has 0 saturated heterocycles. The Morgan fingerprint density at radius 3 is 2.12 bits per heavy atom. The zero-order chi connectivity index (χ0) is 18.7. The molecule has 2 aromatic rings. The largest absolute Gasteiger partial charge is 0.454 e. The molecule has 1 heterocycles. The average molecular weight is 373 g/mol. The molecule has 0 radical (unpaired) electrons. The van der Waals surface area contributed by atoms with Crippen LogP contribution >= 0.6 is 11.6 Å². The number of imide groups is 1. The van der Waals surface area contributed by atoms with Gasteiger partial charge in [0.15, 0.2) is 6.61 Å². The Morgan fingerprint density at radius 1 is 0.962 bits per heavy atom. The van der Waals surface area contributed by atoms with Gasteiger partial charge in [-0.15, -0.1) is 0 Å². The molecule has 1 aliphatic rings. The van der Waals surface area contributed by atoms with Crippen LogP contribution < -0.4 is 5.32 Å². The van der Waals surface area contributed by atoms with Crippen LogP contribution in [0.1, 0.15) is 20.7 Å². The Balaban J connectivity index is 1.52. The highest BCUT2D eigenvalue weighted by molar-refractivity contribution is 6.30. The first kappa shape index (κ1) is 17.6. The fourth-order valence-corrected chi connectivity index (χ4v) is 2.56. The Kier molecular flexibility index (Phi) is 4.99. The molecule has 0 bridgehead atoms. The van der Waals surface area contributed by atoms with Crippen molar-refractivity contribution in [2.45, 2.75) is 0 Å². The summed E-state index contributed by atoms with van der Waals surface area (Å²) in [6.07, 6.45) is 0. The van der Waals surface area contributed by atoms with Gasteiger partial charge in [-0.25, -0.2) is 0 Å². The number of amides is 3. The molecule has 2 aromatic carbocycles. The highest BCUT2D eigenvalue weighted by Crippen LogP contribution is 2.22. The molecule has 3 rings (SSSR count). The molecule has 8 heteroatoms. The minimum atomic E-state index is -0.856. The summed E-state index contributed by atoms with van der Waals surface area (Å²) in [5.41, 5.74) is 0.979. The highest BCUT2D eigenvalue weighted by atomic mass is 35.5. The van der Waals surface area contributed by atoms with E-state index in [1.54, 1.807) is 36.4 Å². The molecule has 1 aliphatic heterocycles. The van der Waals surface area contributed by atoms with Crippen molar-refractivity contribution in [3.63, 3.8) is 0 Å². The Labute approximate surface area is 153 Å². The molecule has 3 amide bonds. The van der Waals surface area contributed by atoms with Crippen molar-refractivity contribution in [1.29, 1.82) is 0 Å². The van der Waals surface area contributed by atoms with Gasteiger partial charge in [0, 0.05) is 10.7 Å². The van der Waals surface area contributed by atoms with Crippen molar-refractivity contribution in [3.05, 3.63) is 64.7 Å². The Morgan fingerprint density at radius 2 is 1.54 bits per heavy atom. The van der Waals surface area contributed by atoms with Crippen molar-refractivity contribution in [1.82, 2.24) is 4.90 Å². The van der Waals surface area contributed by atoms with Crippen molar-refractivity contribution < 1.29 is 23.9 Å². The number of benzene rings is 2. The van der Waals surface area contributed by atoms with E-state index in [2.05, 4.69) is 5.32 Å². The molecule has 0 unspecified atom stereocenters. The molecule has 7 nitrogen and oxygen atoms in total. The first-order chi connectivity index (χ1) is 12.5. The second kappa shape index (κ2) is 7.37. The zero-order valence-corrected chi connectivity index (χ0v) is 14.2. The van der Waals surface area contributed by atoms with Crippen LogP contribution in [0.15, 0.2) is 48.5 Å². The highest BCUT2D eigenvalue weighted by Gasteiger charge is 2.36. The molecule has 132 valence electrons. The number of hydrogen-bond donors (Lipinski definition) is 1. The monoisotopic (exact) mass is 372 g/mol. The third kappa shape index (κ3) is 3.73. The second-order valence-electron chi connectivity index (χ2n) is 5.46. The molecule has 1 N–H and O–H groups in total. The van der Waals surface area contributed by atoms with Gasteiger partial charge in [-0.2, -0.15) is 0 Å². The summed E-state index contributed by atoms with van der Waals surface area (Å²) in [5, 5.41) is 3.05. The number of nitrogens with one attached hydrogen (secondary N) is 1. The molecular weight excluding hydrogens is 360 g/mol. The van der Waals surface area contributed by atoms with Crippen LogP contribution in [-0.2, 0) is 14.3 Å². The minimum absolute atomic E-state index is 0.241. The van der Waals surface area contributed by atoms with Crippen LogP contribution in [-0.4, -0.2) is 41.7 Å². The van der Waals surface area contributed by atoms with Crippen LogP contribution in [0.25, 0.3) is 0 Å². The molecule has 0 saturated carbocycles. The predicted molar refractivity (Wildman–Crippen MR) is 92.8 cm³/mol. The lowest BCUT2D eigenvalue weighted by Gasteiger charge is -2.13. The number of anilines is 1. The lowest BCUT2D eigenvalue weighted by atomic mass is 10.1. The normalized spacial score (nSPS) is 12.7. The van der Waals surface area contributed by atoms with Crippen LogP contribution in [0.5, 0.6) is 0 Å². The summed E-state index contributed by atoms with van der Waals surface area (Å²) < 4.78 is 4.83. The van der Waals surface area contributed by atoms with E-state index in [9.17, 15) is 19.2 Å². The van der Waals surface area contributed by atoms with Crippen molar-refractivity contribution in [2.24, 2.45) is 0 Å². The lowest BCUT2D eigenvalue weighted by Crippen LogP contribution is -2.36. The number of nitrogens with zero attached hydrogens (tertiary/aromatic N) is 1. The van der Waals surface area contributed by atoms with E-state index in [0.29, 0.717) is 10.7 Å². The second-order valence-corrected chi connectivity index (χ2v) is 5.89. The fraction of sp³-hybridized carbons (Fsp3) is 0.111. The SMILES string of the molecule is O=C(COC(=O)CN1C(=O)c2ccccc2C1=O)Nc1ccc(Cl)cc1. The van der Waals surface area contributed by atoms with Crippen LogP contribution in [0.3, 0.4) is 0 Å². The van der Waals surface area contributed by atoms with E-state index in [1.807, 2.05) is 0 Å². The lowest BCUT2D eigenvalue weighted by molar-refractivity contribution is -0.147. The summed E-state index contributed by atoms with van der Waals surface area (Å²) in [4.78, 5) is 48.8. The maximum atomic E-state index is 12.2. The first-order valence-electron chi connectivity index (χ1n) is 7.62. The smallest absolute Gasteiger partial charge is 0.326 e.